The first-order valence-electron chi connectivity index (χ1n) is 8.24. The van der Waals surface area contributed by atoms with Crippen LogP contribution >= 0.6 is 11.6 Å². The third-order valence-corrected chi connectivity index (χ3v) is 4.56. The average molecular weight is 389 g/mol. The zero-order valence-corrected chi connectivity index (χ0v) is 14.9. The molecule has 2 aromatic carbocycles. The van der Waals surface area contributed by atoms with Crippen LogP contribution in [-0.2, 0) is 20.8 Å². The number of hydrogen-bond acceptors (Lipinski definition) is 4. The van der Waals surface area contributed by atoms with E-state index in [1.54, 1.807) is 24.3 Å². The Morgan fingerprint density at radius 3 is 2.56 bits per heavy atom. The van der Waals surface area contributed by atoms with Crippen LogP contribution in [0.4, 0.5) is 11.4 Å². The van der Waals surface area contributed by atoms with E-state index in [1.807, 2.05) is 0 Å². The summed E-state index contributed by atoms with van der Waals surface area (Å²) in [7, 11) is 0. The summed E-state index contributed by atoms with van der Waals surface area (Å²) in [5, 5.41) is 21.9. The molecule has 1 aliphatic rings. The van der Waals surface area contributed by atoms with Crippen LogP contribution in [0.2, 0.25) is 5.02 Å². The maximum Gasteiger partial charge on any atom is 0.307 e. The number of carboxylic acids is 1. The Labute approximate surface area is 160 Å². The second-order valence-corrected chi connectivity index (χ2v) is 6.73. The van der Waals surface area contributed by atoms with Gasteiger partial charge in [0.15, 0.2) is 0 Å². The number of aliphatic carboxylic acids is 1. The minimum absolute atomic E-state index is 0.0457. The van der Waals surface area contributed by atoms with Crippen LogP contribution in [0.5, 0.6) is 5.75 Å². The Morgan fingerprint density at radius 2 is 1.89 bits per heavy atom. The Balaban J connectivity index is 1.71. The molecule has 2 aromatic rings. The first kappa shape index (κ1) is 18.7. The number of carboxylic acid groups (broad SMARTS) is 1. The van der Waals surface area contributed by atoms with E-state index in [1.165, 1.54) is 23.1 Å². The van der Waals surface area contributed by atoms with Crippen molar-refractivity contribution in [1.82, 2.24) is 0 Å². The maximum absolute atomic E-state index is 12.5. The molecule has 7 nitrogen and oxygen atoms in total. The van der Waals surface area contributed by atoms with Crippen LogP contribution in [0.25, 0.3) is 0 Å². The van der Waals surface area contributed by atoms with Crippen molar-refractivity contribution in [3.63, 3.8) is 0 Å². The topological polar surface area (TPSA) is 107 Å². The summed E-state index contributed by atoms with van der Waals surface area (Å²) in [6.45, 7) is 0.210. The van der Waals surface area contributed by atoms with Crippen LogP contribution < -0.4 is 10.2 Å². The van der Waals surface area contributed by atoms with E-state index in [4.69, 9.17) is 16.7 Å². The summed E-state index contributed by atoms with van der Waals surface area (Å²) in [4.78, 5) is 37.1. The fraction of sp³-hybridized carbons (Fsp3) is 0.211. The number of phenols is 1. The Hall–Kier alpha value is -3.06. The van der Waals surface area contributed by atoms with Crippen molar-refractivity contribution in [2.24, 2.45) is 5.92 Å². The summed E-state index contributed by atoms with van der Waals surface area (Å²) in [6.07, 6.45) is -0.181. The van der Waals surface area contributed by atoms with Gasteiger partial charge in [0.05, 0.1) is 18.0 Å². The van der Waals surface area contributed by atoms with Gasteiger partial charge in [-0.1, -0.05) is 17.7 Å². The van der Waals surface area contributed by atoms with Gasteiger partial charge in [-0.05, 0) is 42.0 Å². The number of amides is 2. The average Bonchev–Trinajstić information content (AvgIpc) is 3.00. The van der Waals surface area contributed by atoms with E-state index in [2.05, 4.69) is 5.32 Å². The highest BCUT2D eigenvalue weighted by Crippen LogP contribution is 2.29. The van der Waals surface area contributed by atoms with E-state index in [0.29, 0.717) is 16.3 Å². The maximum atomic E-state index is 12.5. The SMILES string of the molecule is O=C(O)Cc1ccc(O)c(NC(=O)C2CC(=O)N(c3ccc(Cl)cc3)C2)c1. The minimum Gasteiger partial charge on any atom is -0.506 e. The molecule has 0 bridgehead atoms. The van der Waals surface area contributed by atoms with Crippen molar-refractivity contribution in [3.05, 3.63) is 53.1 Å². The molecule has 0 radical (unpaired) electrons. The largest absolute Gasteiger partial charge is 0.506 e. The molecule has 27 heavy (non-hydrogen) atoms. The highest BCUT2D eigenvalue weighted by molar-refractivity contribution is 6.30. The van der Waals surface area contributed by atoms with Crippen molar-refractivity contribution in [2.75, 3.05) is 16.8 Å². The smallest absolute Gasteiger partial charge is 0.307 e. The first-order valence-corrected chi connectivity index (χ1v) is 8.62. The molecule has 8 heteroatoms. The fourth-order valence-corrected chi connectivity index (χ4v) is 3.08. The van der Waals surface area contributed by atoms with Gasteiger partial charge in [-0.2, -0.15) is 0 Å². The number of carbonyl (C=O) groups excluding carboxylic acids is 2. The van der Waals surface area contributed by atoms with Gasteiger partial charge >= 0.3 is 5.97 Å². The summed E-state index contributed by atoms with van der Waals surface area (Å²) >= 11 is 5.86. The van der Waals surface area contributed by atoms with Gasteiger partial charge in [0.2, 0.25) is 11.8 Å². The second kappa shape index (κ2) is 7.67. The molecule has 1 unspecified atom stereocenters. The number of anilines is 2. The zero-order valence-electron chi connectivity index (χ0n) is 14.2. The summed E-state index contributed by atoms with van der Waals surface area (Å²) in [5.41, 5.74) is 1.23. The van der Waals surface area contributed by atoms with Gasteiger partial charge in [0, 0.05) is 23.7 Å². The van der Waals surface area contributed by atoms with E-state index < -0.39 is 17.8 Å². The lowest BCUT2D eigenvalue weighted by Gasteiger charge is -2.17. The molecular weight excluding hydrogens is 372 g/mol. The number of carbonyl (C=O) groups is 3. The lowest BCUT2D eigenvalue weighted by Crippen LogP contribution is -2.28. The first-order chi connectivity index (χ1) is 12.8. The Bertz CT molecular complexity index is 897. The molecule has 1 heterocycles. The highest BCUT2D eigenvalue weighted by Gasteiger charge is 2.35. The van der Waals surface area contributed by atoms with Crippen LogP contribution in [0.3, 0.4) is 0 Å². The van der Waals surface area contributed by atoms with E-state index >= 15 is 0 Å². The number of rotatable bonds is 5. The third-order valence-electron chi connectivity index (χ3n) is 4.31. The van der Waals surface area contributed by atoms with Gasteiger partial charge in [-0.25, -0.2) is 0 Å². The van der Waals surface area contributed by atoms with Crippen LogP contribution in [0.1, 0.15) is 12.0 Å². The van der Waals surface area contributed by atoms with Gasteiger partial charge in [-0.3, -0.25) is 14.4 Å². The molecule has 1 aliphatic heterocycles. The molecule has 140 valence electrons. The van der Waals surface area contributed by atoms with Crippen molar-refractivity contribution >= 4 is 40.8 Å². The van der Waals surface area contributed by atoms with Gasteiger partial charge < -0.3 is 20.4 Å². The number of aromatic hydroxyl groups is 1. The van der Waals surface area contributed by atoms with Gasteiger partial charge in [0.25, 0.3) is 0 Å². The number of phenolic OH excluding ortho intramolecular Hbond substituents is 1. The number of halogens is 1. The lowest BCUT2D eigenvalue weighted by atomic mass is 10.1. The Morgan fingerprint density at radius 1 is 1.19 bits per heavy atom. The van der Waals surface area contributed by atoms with Crippen molar-refractivity contribution in [3.8, 4) is 5.75 Å². The molecule has 1 atom stereocenters. The standard InChI is InChI=1S/C19H17ClN2O5/c20-13-2-4-14(5-3-13)22-10-12(9-17(22)24)19(27)21-15-7-11(8-18(25)26)1-6-16(15)23/h1-7,12,23H,8-10H2,(H,21,27)(H,25,26). The predicted molar refractivity (Wildman–Crippen MR) is 100.0 cm³/mol. The monoisotopic (exact) mass is 388 g/mol. The third kappa shape index (κ3) is 4.38. The van der Waals surface area contributed by atoms with E-state index in [9.17, 15) is 19.5 Å². The van der Waals surface area contributed by atoms with Crippen molar-refractivity contribution < 1.29 is 24.6 Å². The van der Waals surface area contributed by atoms with Gasteiger partial charge in [0.1, 0.15) is 5.75 Å². The van der Waals surface area contributed by atoms with Crippen molar-refractivity contribution in [1.29, 1.82) is 0 Å². The molecular formula is C19H17ClN2O5. The summed E-state index contributed by atoms with van der Waals surface area (Å²) in [6, 6.07) is 11.0. The molecule has 1 fully saturated rings. The quantitative estimate of drug-likeness (QED) is 0.682. The number of nitrogens with one attached hydrogen (secondary N) is 1. The van der Waals surface area contributed by atoms with Gasteiger partial charge in [-0.15, -0.1) is 0 Å². The highest BCUT2D eigenvalue weighted by atomic mass is 35.5. The molecule has 0 spiro atoms. The zero-order chi connectivity index (χ0) is 19.6. The van der Waals surface area contributed by atoms with Crippen LogP contribution in [-0.4, -0.2) is 34.5 Å². The minimum atomic E-state index is -1.02. The normalized spacial score (nSPS) is 16.4. The van der Waals surface area contributed by atoms with E-state index in [-0.39, 0.29) is 36.7 Å². The molecule has 0 aliphatic carbocycles. The Kier molecular flexibility index (Phi) is 5.32. The second-order valence-electron chi connectivity index (χ2n) is 6.29. The molecule has 1 saturated heterocycles. The van der Waals surface area contributed by atoms with Crippen LogP contribution in [0, 0.1) is 5.92 Å². The number of nitrogens with zero attached hydrogens (tertiary/aromatic N) is 1. The molecule has 0 aromatic heterocycles. The predicted octanol–water partition coefficient (Wildman–Crippen LogP) is 2.66. The van der Waals surface area contributed by atoms with Crippen LogP contribution in [0.15, 0.2) is 42.5 Å². The van der Waals surface area contributed by atoms with Crippen molar-refractivity contribution in [2.45, 2.75) is 12.8 Å². The lowest BCUT2D eigenvalue weighted by molar-refractivity contribution is -0.136. The number of benzene rings is 2. The summed E-state index contributed by atoms with van der Waals surface area (Å²) < 4.78 is 0. The number of hydrogen-bond donors (Lipinski definition) is 3. The molecule has 3 rings (SSSR count). The summed E-state index contributed by atoms with van der Waals surface area (Å²) in [5.74, 6) is -2.37. The molecule has 3 N–H and O–H groups in total. The fourth-order valence-electron chi connectivity index (χ4n) is 2.96. The molecule has 0 saturated carbocycles. The molecule has 2 amide bonds. The van der Waals surface area contributed by atoms with E-state index in [0.717, 1.165) is 0 Å².